The van der Waals surface area contributed by atoms with E-state index >= 15 is 0 Å². The molecule has 0 bridgehead atoms. The minimum Gasteiger partial charge on any atom is -0.368 e. The first-order valence-corrected chi connectivity index (χ1v) is 16.7. The van der Waals surface area contributed by atoms with Crippen LogP contribution in [0.5, 0.6) is 0 Å². The second kappa shape index (κ2) is 28.5. The predicted molar refractivity (Wildman–Crippen MR) is 189 cm³/mol. The largest absolute Gasteiger partial charge is 0.368 e. The molecule has 0 aromatic rings. The van der Waals surface area contributed by atoms with E-state index in [0.717, 1.165) is 4.90 Å². The van der Waals surface area contributed by atoms with Crippen molar-refractivity contribution in [2.45, 2.75) is 104 Å². The number of carbonyl (C=O) groups excluding carboxylic acids is 8. The number of carbonyl (C=O) groups is 8. The average molecular weight is 715 g/mol. The molecule has 0 aliphatic rings. The Morgan fingerprint density at radius 2 is 0.980 bits per heavy atom. The van der Waals surface area contributed by atoms with Crippen LogP contribution in [0.3, 0.4) is 0 Å². The number of likely N-dealkylation sites (N-methyl/N-ethyl adjacent to an activating group) is 2. The van der Waals surface area contributed by atoms with Crippen molar-refractivity contribution in [2.24, 2.45) is 11.5 Å². The summed E-state index contributed by atoms with van der Waals surface area (Å²) >= 11 is 0. The highest BCUT2D eigenvalue weighted by molar-refractivity contribution is 5.90. The zero-order valence-electron chi connectivity index (χ0n) is 29.4. The van der Waals surface area contributed by atoms with Crippen LogP contribution in [0.2, 0.25) is 0 Å². The molecule has 0 radical (unpaired) electrons. The molecule has 11 N–H and O–H groups in total. The van der Waals surface area contributed by atoms with Crippen LogP contribution in [0.4, 0.5) is 0 Å². The van der Waals surface area contributed by atoms with Crippen molar-refractivity contribution in [3.05, 3.63) is 0 Å². The molecule has 0 saturated carbocycles. The van der Waals surface area contributed by atoms with Gasteiger partial charge in [-0.1, -0.05) is 7.43 Å². The van der Waals surface area contributed by atoms with Gasteiger partial charge < -0.3 is 53.6 Å². The van der Waals surface area contributed by atoms with E-state index in [4.69, 9.17) is 11.5 Å². The fourth-order valence-corrected chi connectivity index (χ4v) is 4.78. The Morgan fingerprint density at radius 1 is 0.560 bits per heavy atom. The van der Waals surface area contributed by atoms with Gasteiger partial charge in [0, 0.05) is 46.4 Å². The molecule has 8 amide bonds. The van der Waals surface area contributed by atoms with Crippen LogP contribution in [-0.2, 0) is 38.4 Å². The molecule has 0 spiro atoms. The lowest BCUT2D eigenvalue weighted by atomic mass is 10.1. The summed E-state index contributed by atoms with van der Waals surface area (Å²) in [4.78, 5) is 97.8. The van der Waals surface area contributed by atoms with Crippen molar-refractivity contribution in [1.82, 2.24) is 42.1 Å². The summed E-state index contributed by atoms with van der Waals surface area (Å²) in [6, 6.07) is -1.78. The standard InChI is InChI=1S/C31H58N10O8.CH4/c1-21(42)36-15-8-7-13-25(40-22(2)43)31(49)39-18-14-28(46)41(19-26(44)37-16-9-5-11-23(34-3)29(32)47)20-27(45)38-17-10-6-12-24(35-4)30(33)48;/h23-25,34-35H,5-20H2,1-4H3,(H2,32,47)(H2,33,48)(H,36,42)(H,37,44)(H,38,45)(H,39,49)(H,40,43);1H4/t23?,24?,25-;/m0./s1. The highest BCUT2D eigenvalue weighted by Crippen LogP contribution is 2.04. The van der Waals surface area contributed by atoms with Crippen LogP contribution in [0.15, 0.2) is 0 Å². The number of nitrogens with zero attached hydrogens (tertiary/aromatic N) is 1. The van der Waals surface area contributed by atoms with Gasteiger partial charge in [-0.25, -0.2) is 0 Å². The van der Waals surface area contributed by atoms with E-state index in [2.05, 4.69) is 37.2 Å². The van der Waals surface area contributed by atoms with E-state index in [-0.39, 0.29) is 39.4 Å². The molecule has 0 rings (SSSR count). The number of hydrogen-bond acceptors (Lipinski definition) is 10. The lowest BCUT2D eigenvalue weighted by Gasteiger charge is -2.23. The van der Waals surface area contributed by atoms with Gasteiger partial charge >= 0.3 is 0 Å². The van der Waals surface area contributed by atoms with Crippen molar-refractivity contribution >= 4 is 47.3 Å². The van der Waals surface area contributed by atoms with Crippen molar-refractivity contribution in [2.75, 3.05) is 53.4 Å². The molecule has 0 saturated heterocycles. The van der Waals surface area contributed by atoms with Crippen LogP contribution in [0, 0.1) is 0 Å². The number of rotatable bonds is 28. The molecule has 0 aliphatic heterocycles. The van der Waals surface area contributed by atoms with Crippen molar-refractivity contribution in [3.63, 3.8) is 0 Å². The van der Waals surface area contributed by atoms with Gasteiger partial charge in [-0.05, 0) is 71.9 Å². The Labute approximate surface area is 296 Å². The van der Waals surface area contributed by atoms with Crippen LogP contribution < -0.4 is 48.7 Å². The maximum Gasteiger partial charge on any atom is 0.242 e. The predicted octanol–water partition coefficient (Wildman–Crippen LogP) is -2.51. The molecule has 50 heavy (non-hydrogen) atoms. The van der Waals surface area contributed by atoms with Gasteiger partial charge in [-0.2, -0.15) is 0 Å². The van der Waals surface area contributed by atoms with Crippen LogP contribution >= 0.6 is 0 Å². The quantitative estimate of drug-likeness (QED) is 0.0384. The minimum atomic E-state index is -0.838. The summed E-state index contributed by atoms with van der Waals surface area (Å²) in [6.45, 7) is 2.81. The van der Waals surface area contributed by atoms with Gasteiger partial charge in [-0.3, -0.25) is 38.4 Å². The smallest absolute Gasteiger partial charge is 0.242 e. The summed E-state index contributed by atoms with van der Waals surface area (Å²) in [5.41, 5.74) is 10.6. The van der Waals surface area contributed by atoms with E-state index in [0.29, 0.717) is 64.3 Å². The van der Waals surface area contributed by atoms with E-state index in [1.807, 2.05) is 0 Å². The second-order valence-electron chi connectivity index (χ2n) is 11.7. The second-order valence-corrected chi connectivity index (χ2v) is 11.7. The SMILES string of the molecule is C.CNC(CCCCNC(=O)CN(CC(=O)NCCCCC(NC)C(N)=O)C(=O)CCNC(=O)[C@H](CCCCNC(C)=O)NC(C)=O)C(N)=O. The first-order chi connectivity index (χ1) is 23.2. The Morgan fingerprint density at radius 3 is 1.36 bits per heavy atom. The molecular formula is C32H62N10O8. The van der Waals surface area contributed by atoms with E-state index < -0.39 is 72.6 Å². The van der Waals surface area contributed by atoms with Gasteiger partial charge in [-0.15, -0.1) is 0 Å². The van der Waals surface area contributed by atoms with E-state index in [9.17, 15) is 38.4 Å². The fraction of sp³-hybridized carbons (Fsp3) is 0.750. The lowest BCUT2D eigenvalue weighted by molar-refractivity contribution is -0.139. The zero-order chi connectivity index (χ0) is 37.2. The Balaban J connectivity index is 0. The Bertz CT molecular complexity index is 1050. The molecule has 0 aliphatic carbocycles. The molecular weight excluding hydrogens is 652 g/mol. The van der Waals surface area contributed by atoms with Crippen molar-refractivity contribution in [1.29, 1.82) is 0 Å². The highest BCUT2D eigenvalue weighted by atomic mass is 16.2. The number of primary amides is 2. The first kappa shape index (κ1) is 47.8. The summed E-state index contributed by atoms with van der Waals surface area (Å²) in [5.74, 6) is -3.50. The summed E-state index contributed by atoms with van der Waals surface area (Å²) in [6.07, 6.45) is 4.61. The fourth-order valence-electron chi connectivity index (χ4n) is 4.78. The minimum absolute atomic E-state index is 0. The molecule has 0 aromatic heterocycles. The molecule has 3 atom stereocenters. The van der Waals surface area contributed by atoms with Crippen molar-refractivity contribution in [3.8, 4) is 0 Å². The average Bonchev–Trinajstić information content (AvgIpc) is 3.02. The molecule has 0 fully saturated rings. The number of unbranched alkanes of at least 4 members (excludes halogenated alkanes) is 3. The highest BCUT2D eigenvalue weighted by Gasteiger charge is 2.23. The maximum atomic E-state index is 13.1. The third-order valence-corrected chi connectivity index (χ3v) is 7.51. The van der Waals surface area contributed by atoms with Crippen LogP contribution in [-0.4, -0.2) is 124 Å². The van der Waals surface area contributed by atoms with Crippen molar-refractivity contribution < 1.29 is 38.4 Å². The molecule has 288 valence electrons. The number of hydrogen-bond donors (Lipinski definition) is 9. The van der Waals surface area contributed by atoms with E-state index in [1.165, 1.54) is 13.8 Å². The van der Waals surface area contributed by atoms with E-state index in [1.54, 1.807) is 14.1 Å². The topological polar surface area (TPSA) is 276 Å². The van der Waals surface area contributed by atoms with Gasteiger partial charge in [0.2, 0.25) is 47.3 Å². The van der Waals surface area contributed by atoms with Crippen LogP contribution in [0.25, 0.3) is 0 Å². The zero-order valence-corrected chi connectivity index (χ0v) is 29.4. The van der Waals surface area contributed by atoms with Crippen LogP contribution in [0.1, 0.15) is 85.5 Å². The Hall–Kier alpha value is -4.32. The molecule has 0 aromatic carbocycles. The summed E-state index contributed by atoms with van der Waals surface area (Å²) in [7, 11) is 3.26. The summed E-state index contributed by atoms with van der Waals surface area (Å²) < 4.78 is 0. The number of nitrogens with two attached hydrogens (primary N) is 2. The number of amides is 8. The molecule has 2 unspecified atom stereocenters. The normalized spacial score (nSPS) is 12.2. The third kappa shape index (κ3) is 23.9. The van der Waals surface area contributed by atoms with Gasteiger partial charge in [0.05, 0.1) is 12.1 Å². The molecule has 18 nitrogen and oxygen atoms in total. The van der Waals surface area contributed by atoms with Gasteiger partial charge in [0.25, 0.3) is 0 Å². The summed E-state index contributed by atoms with van der Waals surface area (Å²) in [5, 5.41) is 19.0. The number of nitrogens with one attached hydrogen (secondary N) is 7. The third-order valence-electron chi connectivity index (χ3n) is 7.51. The van der Waals surface area contributed by atoms with Gasteiger partial charge in [0.15, 0.2) is 0 Å². The van der Waals surface area contributed by atoms with Gasteiger partial charge in [0.1, 0.15) is 19.1 Å². The molecule has 18 heteroatoms. The molecule has 0 heterocycles. The maximum absolute atomic E-state index is 13.1. The Kier molecular flexibility index (Phi) is 27.3. The first-order valence-electron chi connectivity index (χ1n) is 16.7. The lowest BCUT2D eigenvalue weighted by Crippen LogP contribution is -2.48. The monoisotopic (exact) mass is 714 g/mol.